The van der Waals surface area contributed by atoms with Gasteiger partial charge in [0.15, 0.2) is 0 Å². The molecule has 0 radical (unpaired) electrons. The van der Waals surface area contributed by atoms with E-state index in [0.717, 1.165) is 24.1 Å². The van der Waals surface area contributed by atoms with Crippen molar-refractivity contribution < 1.29 is 14.6 Å². The van der Waals surface area contributed by atoms with Crippen molar-refractivity contribution in [3.8, 4) is 0 Å². The molecule has 1 amide bonds. The zero-order valence-corrected chi connectivity index (χ0v) is 9.40. The van der Waals surface area contributed by atoms with Gasteiger partial charge in [-0.25, -0.2) is 0 Å². The van der Waals surface area contributed by atoms with Crippen molar-refractivity contribution in [3.05, 3.63) is 29.8 Å². The van der Waals surface area contributed by atoms with Crippen LogP contribution < -0.4 is 5.32 Å². The fourth-order valence-corrected chi connectivity index (χ4v) is 1.46. The van der Waals surface area contributed by atoms with Crippen molar-refractivity contribution in [1.29, 1.82) is 0 Å². The summed E-state index contributed by atoms with van der Waals surface area (Å²) in [6, 6.07) is 7.57. The van der Waals surface area contributed by atoms with Gasteiger partial charge in [0, 0.05) is 19.4 Å². The van der Waals surface area contributed by atoms with Crippen molar-refractivity contribution >= 4 is 11.6 Å². The van der Waals surface area contributed by atoms with E-state index in [9.17, 15) is 4.79 Å². The molecule has 0 unspecified atom stereocenters. The molecule has 0 heterocycles. The van der Waals surface area contributed by atoms with Crippen molar-refractivity contribution in [1.82, 2.24) is 0 Å². The second-order valence-electron chi connectivity index (χ2n) is 3.46. The van der Waals surface area contributed by atoms with Crippen LogP contribution in [-0.4, -0.2) is 31.3 Å². The van der Waals surface area contributed by atoms with Crippen LogP contribution in [0.5, 0.6) is 0 Å². The van der Waals surface area contributed by atoms with Gasteiger partial charge in [-0.3, -0.25) is 4.79 Å². The normalized spacial score (nSPS) is 10.1. The van der Waals surface area contributed by atoms with E-state index in [4.69, 9.17) is 9.84 Å². The zero-order chi connectivity index (χ0) is 11.8. The maximum atomic E-state index is 11.1. The quantitative estimate of drug-likeness (QED) is 0.712. The topological polar surface area (TPSA) is 58.6 Å². The van der Waals surface area contributed by atoms with Crippen LogP contribution in [-0.2, 0) is 16.0 Å². The molecule has 1 aromatic rings. The lowest BCUT2D eigenvalue weighted by Crippen LogP contribution is -2.16. The first-order valence-corrected chi connectivity index (χ1v) is 5.25. The summed E-state index contributed by atoms with van der Waals surface area (Å²) in [4.78, 5) is 11.1. The average molecular weight is 223 g/mol. The van der Waals surface area contributed by atoms with E-state index in [2.05, 4.69) is 5.32 Å². The molecule has 0 aliphatic heterocycles. The lowest BCUT2D eigenvalue weighted by Gasteiger charge is -2.09. The fraction of sp³-hybridized carbons (Fsp3) is 0.417. The number of aliphatic hydroxyl groups excluding tert-OH is 1. The minimum Gasteiger partial charge on any atom is -0.387 e. The third-order valence-electron chi connectivity index (χ3n) is 2.23. The Kier molecular flexibility index (Phi) is 5.53. The summed E-state index contributed by atoms with van der Waals surface area (Å²) >= 11 is 0. The monoisotopic (exact) mass is 223 g/mol. The van der Waals surface area contributed by atoms with Crippen LogP contribution in [0.25, 0.3) is 0 Å². The summed E-state index contributed by atoms with van der Waals surface area (Å²) in [7, 11) is 1.67. The van der Waals surface area contributed by atoms with Gasteiger partial charge in [0.05, 0.1) is 0 Å². The third kappa shape index (κ3) is 4.00. The second kappa shape index (κ2) is 6.98. The molecule has 0 bridgehead atoms. The number of methoxy groups -OCH3 is 1. The molecule has 0 saturated heterocycles. The number of benzene rings is 1. The van der Waals surface area contributed by atoms with E-state index in [-0.39, 0.29) is 5.91 Å². The van der Waals surface area contributed by atoms with E-state index < -0.39 is 6.61 Å². The van der Waals surface area contributed by atoms with Crippen LogP contribution in [0.2, 0.25) is 0 Å². The molecule has 1 aromatic carbocycles. The van der Waals surface area contributed by atoms with Gasteiger partial charge >= 0.3 is 0 Å². The van der Waals surface area contributed by atoms with Gasteiger partial charge < -0.3 is 15.2 Å². The molecule has 16 heavy (non-hydrogen) atoms. The van der Waals surface area contributed by atoms with Crippen LogP contribution in [0.1, 0.15) is 12.0 Å². The van der Waals surface area contributed by atoms with Crippen LogP contribution in [0.4, 0.5) is 5.69 Å². The molecular formula is C12H17NO3. The van der Waals surface area contributed by atoms with Crippen molar-refractivity contribution in [2.45, 2.75) is 12.8 Å². The third-order valence-corrected chi connectivity index (χ3v) is 2.23. The van der Waals surface area contributed by atoms with Gasteiger partial charge in [-0.15, -0.1) is 0 Å². The van der Waals surface area contributed by atoms with E-state index in [1.807, 2.05) is 24.3 Å². The van der Waals surface area contributed by atoms with E-state index in [0.29, 0.717) is 6.61 Å². The molecule has 1 rings (SSSR count). The van der Waals surface area contributed by atoms with Crippen LogP contribution >= 0.6 is 0 Å². The summed E-state index contributed by atoms with van der Waals surface area (Å²) in [5.74, 6) is -0.390. The highest BCUT2D eigenvalue weighted by atomic mass is 16.5. The predicted molar refractivity (Wildman–Crippen MR) is 62.4 cm³/mol. The highest BCUT2D eigenvalue weighted by molar-refractivity contribution is 5.92. The highest BCUT2D eigenvalue weighted by Gasteiger charge is 2.04. The Hall–Kier alpha value is -1.39. The molecule has 0 aliphatic carbocycles. The summed E-state index contributed by atoms with van der Waals surface area (Å²) in [6.07, 6.45) is 1.75. The minimum absolute atomic E-state index is 0.390. The lowest BCUT2D eigenvalue weighted by atomic mass is 10.1. The molecule has 2 N–H and O–H groups in total. The Balaban J connectivity index is 2.63. The number of rotatable bonds is 6. The van der Waals surface area contributed by atoms with E-state index in [1.165, 1.54) is 0 Å². The number of hydrogen-bond donors (Lipinski definition) is 2. The first-order valence-electron chi connectivity index (χ1n) is 5.25. The van der Waals surface area contributed by atoms with Crippen LogP contribution in [0.3, 0.4) is 0 Å². The maximum Gasteiger partial charge on any atom is 0.250 e. The zero-order valence-electron chi connectivity index (χ0n) is 9.40. The van der Waals surface area contributed by atoms with Gasteiger partial charge in [-0.05, 0) is 24.5 Å². The van der Waals surface area contributed by atoms with Crippen molar-refractivity contribution in [2.24, 2.45) is 0 Å². The summed E-state index contributed by atoms with van der Waals surface area (Å²) in [5.41, 5.74) is 1.82. The van der Waals surface area contributed by atoms with Gasteiger partial charge in [0.25, 0.3) is 0 Å². The first kappa shape index (κ1) is 12.7. The average Bonchev–Trinajstić information content (AvgIpc) is 2.31. The molecule has 4 heteroatoms. The number of aliphatic hydroxyl groups is 1. The predicted octanol–water partition coefficient (Wildman–Crippen LogP) is 1.20. The molecule has 4 nitrogen and oxygen atoms in total. The van der Waals surface area contributed by atoms with Crippen LogP contribution in [0, 0.1) is 0 Å². The smallest absolute Gasteiger partial charge is 0.250 e. The number of anilines is 1. The number of carbonyl (C=O) groups excluding carboxylic acids is 1. The number of aryl methyl sites for hydroxylation is 1. The molecule has 0 aromatic heterocycles. The summed E-state index contributed by atoms with van der Waals surface area (Å²) in [6.45, 7) is 0.203. The fourth-order valence-electron chi connectivity index (χ4n) is 1.46. The molecule has 0 spiro atoms. The molecule has 88 valence electrons. The molecular weight excluding hydrogens is 206 g/mol. The Bertz CT molecular complexity index is 339. The molecule has 0 saturated carbocycles. The number of para-hydroxylation sites is 1. The van der Waals surface area contributed by atoms with E-state index >= 15 is 0 Å². The van der Waals surface area contributed by atoms with Crippen LogP contribution in [0.15, 0.2) is 24.3 Å². The van der Waals surface area contributed by atoms with Crippen molar-refractivity contribution in [3.63, 3.8) is 0 Å². The maximum absolute atomic E-state index is 11.1. The van der Waals surface area contributed by atoms with E-state index in [1.54, 1.807) is 7.11 Å². The van der Waals surface area contributed by atoms with Gasteiger partial charge in [-0.2, -0.15) is 0 Å². The summed E-state index contributed by atoms with van der Waals surface area (Å²) < 4.78 is 4.98. The molecule has 0 aliphatic rings. The Morgan fingerprint density at radius 2 is 2.19 bits per heavy atom. The number of carbonyl (C=O) groups is 1. The van der Waals surface area contributed by atoms with Crippen molar-refractivity contribution in [2.75, 3.05) is 25.6 Å². The standard InChI is InChI=1S/C12H17NO3/c1-16-8-4-6-10-5-2-3-7-11(10)13-12(15)9-14/h2-3,5,7,14H,4,6,8-9H2,1H3,(H,13,15). The Labute approximate surface area is 95.2 Å². The van der Waals surface area contributed by atoms with Gasteiger partial charge in [0.1, 0.15) is 6.61 Å². The van der Waals surface area contributed by atoms with Gasteiger partial charge in [-0.1, -0.05) is 18.2 Å². The minimum atomic E-state index is -0.494. The lowest BCUT2D eigenvalue weighted by molar-refractivity contribution is -0.118. The number of ether oxygens (including phenoxy) is 1. The largest absolute Gasteiger partial charge is 0.387 e. The SMILES string of the molecule is COCCCc1ccccc1NC(=O)CO. The Morgan fingerprint density at radius 3 is 2.88 bits per heavy atom. The number of nitrogens with one attached hydrogen (secondary N) is 1. The second-order valence-corrected chi connectivity index (χ2v) is 3.46. The summed E-state index contributed by atoms with van der Waals surface area (Å²) in [5, 5.41) is 11.3. The Morgan fingerprint density at radius 1 is 1.44 bits per heavy atom. The first-order chi connectivity index (χ1) is 7.77. The number of amides is 1. The highest BCUT2D eigenvalue weighted by Crippen LogP contribution is 2.16. The number of hydrogen-bond acceptors (Lipinski definition) is 3. The molecule has 0 atom stereocenters. The van der Waals surface area contributed by atoms with Gasteiger partial charge in [0.2, 0.25) is 5.91 Å². The molecule has 0 fully saturated rings.